The summed E-state index contributed by atoms with van der Waals surface area (Å²) >= 11 is 0. The molecule has 0 aliphatic rings. The van der Waals surface area contributed by atoms with Crippen molar-refractivity contribution in [1.82, 2.24) is 4.98 Å². The third-order valence-corrected chi connectivity index (χ3v) is 1.04. The minimum absolute atomic E-state index is 0.0235. The maximum atomic E-state index is 10.1. The number of nitrogen functional groups attached to an aromatic ring is 1. The van der Waals surface area contributed by atoms with Crippen LogP contribution in [0, 0.1) is 0 Å². The summed E-state index contributed by atoms with van der Waals surface area (Å²) in [6.45, 7) is 0. The first-order chi connectivity index (χ1) is 4.74. The molecule has 1 heterocycles. The topological polar surface area (TPSA) is 76.2 Å². The van der Waals surface area contributed by atoms with Crippen molar-refractivity contribution >= 4 is 12.1 Å². The van der Waals surface area contributed by atoms with Crippen molar-refractivity contribution in [3.63, 3.8) is 0 Å². The first-order valence-corrected chi connectivity index (χ1v) is 2.64. The Morgan fingerprint density at radius 2 is 2.30 bits per heavy atom. The molecule has 1 aromatic rings. The fraction of sp³-hybridized carbons (Fsp3) is 0. The zero-order valence-corrected chi connectivity index (χ0v) is 5.11. The Labute approximate surface area is 57.3 Å². The minimum Gasteiger partial charge on any atom is -0.504 e. The zero-order valence-electron chi connectivity index (χ0n) is 5.11. The average molecular weight is 138 g/mol. The molecular weight excluding hydrogens is 132 g/mol. The predicted octanol–water partition coefficient (Wildman–Crippen LogP) is 0.182. The fourth-order valence-corrected chi connectivity index (χ4v) is 0.549. The standard InChI is InChI=1S/C6H6N2O2/c7-6-5(10)2-1-4(3-9)8-6/h1-3,10H,(H2,7,8). The molecule has 52 valence electrons. The molecule has 0 atom stereocenters. The van der Waals surface area contributed by atoms with Gasteiger partial charge in [-0.2, -0.15) is 0 Å². The van der Waals surface area contributed by atoms with Crippen molar-refractivity contribution in [1.29, 1.82) is 0 Å². The number of carbonyl (C=O) groups is 1. The number of nitrogens with two attached hydrogens (primary N) is 1. The third kappa shape index (κ3) is 1.05. The van der Waals surface area contributed by atoms with E-state index in [0.717, 1.165) is 0 Å². The number of aromatic nitrogens is 1. The predicted molar refractivity (Wildman–Crippen MR) is 35.7 cm³/mol. The number of rotatable bonds is 1. The number of hydrogen-bond acceptors (Lipinski definition) is 4. The molecular formula is C6H6N2O2. The number of aromatic hydroxyl groups is 1. The quantitative estimate of drug-likeness (QED) is 0.543. The molecule has 0 fully saturated rings. The number of anilines is 1. The SMILES string of the molecule is Nc1nc(C=O)ccc1O. The Morgan fingerprint density at radius 1 is 1.60 bits per heavy atom. The van der Waals surface area contributed by atoms with Crippen molar-refractivity contribution in [2.45, 2.75) is 0 Å². The molecule has 0 aliphatic carbocycles. The highest BCUT2D eigenvalue weighted by molar-refractivity contribution is 5.73. The number of pyridine rings is 1. The fourth-order valence-electron chi connectivity index (χ4n) is 0.549. The highest BCUT2D eigenvalue weighted by atomic mass is 16.3. The molecule has 0 radical (unpaired) electrons. The van der Waals surface area contributed by atoms with Gasteiger partial charge in [-0.15, -0.1) is 0 Å². The molecule has 0 amide bonds. The molecule has 4 nitrogen and oxygen atoms in total. The van der Waals surface area contributed by atoms with Crippen molar-refractivity contribution < 1.29 is 9.90 Å². The lowest BCUT2D eigenvalue weighted by Gasteiger charge is -1.95. The van der Waals surface area contributed by atoms with E-state index < -0.39 is 0 Å². The third-order valence-electron chi connectivity index (χ3n) is 1.04. The molecule has 4 heteroatoms. The first-order valence-electron chi connectivity index (χ1n) is 2.64. The number of carbonyl (C=O) groups excluding carboxylic acids is 1. The zero-order chi connectivity index (χ0) is 7.56. The summed E-state index contributed by atoms with van der Waals surface area (Å²) in [6, 6.07) is 2.71. The number of aldehydes is 1. The van der Waals surface area contributed by atoms with Gasteiger partial charge in [0.25, 0.3) is 0 Å². The van der Waals surface area contributed by atoms with Gasteiger partial charge in [0.1, 0.15) is 5.69 Å². The molecule has 1 rings (SSSR count). The van der Waals surface area contributed by atoms with Crippen molar-refractivity contribution in [3.8, 4) is 5.75 Å². The molecule has 0 saturated carbocycles. The van der Waals surface area contributed by atoms with E-state index in [-0.39, 0.29) is 17.3 Å². The maximum absolute atomic E-state index is 10.1. The molecule has 0 unspecified atom stereocenters. The summed E-state index contributed by atoms with van der Waals surface area (Å²) in [4.78, 5) is 13.6. The van der Waals surface area contributed by atoms with Gasteiger partial charge in [-0.25, -0.2) is 4.98 Å². The van der Waals surface area contributed by atoms with Gasteiger partial charge >= 0.3 is 0 Å². The van der Waals surface area contributed by atoms with Crippen LogP contribution in [-0.4, -0.2) is 16.4 Å². The molecule has 0 aliphatic heterocycles. The van der Waals surface area contributed by atoms with Crippen LogP contribution in [0.2, 0.25) is 0 Å². The van der Waals surface area contributed by atoms with Gasteiger partial charge in [0.2, 0.25) is 0 Å². The largest absolute Gasteiger partial charge is 0.504 e. The van der Waals surface area contributed by atoms with Gasteiger partial charge in [0.05, 0.1) is 0 Å². The van der Waals surface area contributed by atoms with Crippen LogP contribution in [0.3, 0.4) is 0 Å². The van der Waals surface area contributed by atoms with Crippen molar-refractivity contribution in [2.24, 2.45) is 0 Å². The van der Waals surface area contributed by atoms with Crippen LogP contribution in [-0.2, 0) is 0 Å². The highest BCUT2D eigenvalue weighted by Gasteiger charge is 1.97. The van der Waals surface area contributed by atoms with E-state index in [2.05, 4.69) is 4.98 Å². The number of nitrogens with zero attached hydrogens (tertiary/aromatic N) is 1. The summed E-state index contributed by atoms with van der Waals surface area (Å²) in [5.74, 6) is -0.129. The second-order valence-corrected chi connectivity index (χ2v) is 1.76. The van der Waals surface area contributed by atoms with Crippen LogP contribution >= 0.6 is 0 Å². The van der Waals surface area contributed by atoms with Crippen LogP contribution < -0.4 is 5.73 Å². The van der Waals surface area contributed by atoms with Crippen LogP contribution in [0.1, 0.15) is 10.5 Å². The van der Waals surface area contributed by atoms with E-state index in [9.17, 15) is 4.79 Å². The van der Waals surface area contributed by atoms with Crippen molar-refractivity contribution in [3.05, 3.63) is 17.8 Å². The molecule has 10 heavy (non-hydrogen) atoms. The first kappa shape index (κ1) is 6.54. The molecule has 0 spiro atoms. The lowest BCUT2D eigenvalue weighted by atomic mass is 10.3. The normalized spacial score (nSPS) is 9.20. The highest BCUT2D eigenvalue weighted by Crippen LogP contribution is 2.14. The monoisotopic (exact) mass is 138 g/mol. The number of hydrogen-bond donors (Lipinski definition) is 2. The Kier molecular flexibility index (Phi) is 1.53. The lowest BCUT2D eigenvalue weighted by Crippen LogP contribution is -1.93. The van der Waals surface area contributed by atoms with Gasteiger partial charge in [-0.1, -0.05) is 0 Å². The molecule has 0 aromatic carbocycles. The second kappa shape index (κ2) is 2.34. The minimum atomic E-state index is -0.106. The molecule has 0 saturated heterocycles. The van der Waals surface area contributed by atoms with E-state index in [1.807, 2.05) is 0 Å². The lowest BCUT2D eigenvalue weighted by molar-refractivity contribution is 0.111. The Bertz CT molecular complexity index is 260. The summed E-state index contributed by atoms with van der Waals surface area (Å²) in [5.41, 5.74) is 5.39. The second-order valence-electron chi connectivity index (χ2n) is 1.76. The summed E-state index contributed by atoms with van der Waals surface area (Å²) in [5, 5.41) is 8.84. The molecule has 1 aromatic heterocycles. The molecule has 0 bridgehead atoms. The van der Waals surface area contributed by atoms with Gasteiger partial charge in [0.15, 0.2) is 17.9 Å². The summed E-state index contributed by atoms with van der Waals surface area (Å²) in [6.07, 6.45) is 0.565. The van der Waals surface area contributed by atoms with Crippen LogP contribution in [0.5, 0.6) is 5.75 Å². The van der Waals surface area contributed by atoms with E-state index in [4.69, 9.17) is 10.8 Å². The van der Waals surface area contributed by atoms with E-state index in [1.165, 1.54) is 12.1 Å². The van der Waals surface area contributed by atoms with Gasteiger partial charge in [-0.05, 0) is 12.1 Å². The van der Waals surface area contributed by atoms with Gasteiger partial charge < -0.3 is 10.8 Å². The van der Waals surface area contributed by atoms with E-state index in [1.54, 1.807) is 0 Å². The smallest absolute Gasteiger partial charge is 0.168 e. The van der Waals surface area contributed by atoms with Gasteiger partial charge in [0, 0.05) is 0 Å². The Hall–Kier alpha value is -1.58. The van der Waals surface area contributed by atoms with Crippen LogP contribution in [0.25, 0.3) is 0 Å². The van der Waals surface area contributed by atoms with E-state index >= 15 is 0 Å². The van der Waals surface area contributed by atoms with Gasteiger partial charge in [-0.3, -0.25) is 4.79 Å². The Balaban J connectivity index is 3.16. The van der Waals surface area contributed by atoms with Crippen molar-refractivity contribution in [2.75, 3.05) is 5.73 Å². The molecule has 3 N–H and O–H groups in total. The Morgan fingerprint density at radius 3 is 2.80 bits per heavy atom. The summed E-state index contributed by atoms with van der Waals surface area (Å²) < 4.78 is 0. The average Bonchev–Trinajstić information content (AvgIpc) is 1.95. The maximum Gasteiger partial charge on any atom is 0.168 e. The van der Waals surface area contributed by atoms with Crippen LogP contribution in [0.15, 0.2) is 12.1 Å². The summed E-state index contributed by atoms with van der Waals surface area (Å²) in [7, 11) is 0. The van der Waals surface area contributed by atoms with E-state index in [0.29, 0.717) is 6.29 Å². The van der Waals surface area contributed by atoms with Crippen LogP contribution in [0.4, 0.5) is 5.82 Å².